The lowest BCUT2D eigenvalue weighted by Crippen LogP contribution is -2.04. The number of rotatable bonds is 0. The molecule has 0 unspecified atom stereocenters. The third kappa shape index (κ3) is 3.47. The molecule has 0 aromatic heterocycles. The standard InChI is InChI=1S/C10H6BrF3S/c11-9-6-8(10(12,13)14)4-3-7(9)2-1-5-15/h3-4,6,15H,5H2. The lowest BCUT2D eigenvalue weighted by atomic mass is 10.1. The Bertz CT molecular complexity index is 415. The first kappa shape index (κ1) is 12.5. The van der Waals surface area contributed by atoms with Gasteiger partial charge in [-0.2, -0.15) is 25.8 Å². The minimum absolute atomic E-state index is 0.339. The summed E-state index contributed by atoms with van der Waals surface area (Å²) in [5.41, 5.74) is -0.164. The van der Waals surface area contributed by atoms with Crippen LogP contribution >= 0.6 is 28.6 Å². The van der Waals surface area contributed by atoms with Crippen molar-refractivity contribution >= 4 is 28.6 Å². The van der Waals surface area contributed by atoms with E-state index >= 15 is 0 Å². The average molecular weight is 295 g/mol. The fourth-order valence-corrected chi connectivity index (χ4v) is 1.48. The average Bonchev–Trinajstić information content (AvgIpc) is 2.14. The molecule has 0 amide bonds. The van der Waals surface area contributed by atoms with Crippen LogP contribution in [0.15, 0.2) is 22.7 Å². The summed E-state index contributed by atoms with van der Waals surface area (Å²) in [5, 5.41) is 0. The van der Waals surface area contributed by atoms with E-state index in [1.807, 2.05) is 0 Å². The smallest absolute Gasteiger partial charge is 0.166 e. The van der Waals surface area contributed by atoms with Crippen molar-refractivity contribution in [1.82, 2.24) is 0 Å². The first-order chi connectivity index (χ1) is 6.95. The van der Waals surface area contributed by atoms with Gasteiger partial charge in [-0.1, -0.05) is 11.8 Å². The summed E-state index contributed by atoms with van der Waals surface area (Å²) in [4.78, 5) is 0. The second-order valence-electron chi connectivity index (χ2n) is 2.65. The third-order valence-corrected chi connectivity index (χ3v) is 2.41. The maximum absolute atomic E-state index is 12.3. The Hall–Kier alpha value is -0.600. The van der Waals surface area contributed by atoms with E-state index in [9.17, 15) is 13.2 Å². The van der Waals surface area contributed by atoms with E-state index in [-0.39, 0.29) is 0 Å². The molecule has 0 aliphatic heterocycles. The number of hydrogen-bond acceptors (Lipinski definition) is 1. The van der Waals surface area contributed by atoms with Gasteiger partial charge in [-0.3, -0.25) is 0 Å². The highest BCUT2D eigenvalue weighted by Crippen LogP contribution is 2.31. The Labute approximate surface area is 99.4 Å². The molecular weight excluding hydrogens is 289 g/mol. The van der Waals surface area contributed by atoms with Gasteiger partial charge in [-0.25, -0.2) is 0 Å². The molecule has 0 fully saturated rings. The van der Waals surface area contributed by atoms with Gasteiger partial charge in [-0.05, 0) is 34.1 Å². The fourth-order valence-electron chi connectivity index (χ4n) is 0.928. The summed E-state index contributed by atoms with van der Waals surface area (Å²) in [6.07, 6.45) is -4.32. The van der Waals surface area contributed by atoms with Gasteiger partial charge < -0.3 is 0 Å². The van der Waals surface area contributed by atoms with Gasteiger partial charge in [0.2, 0.25) is 0 Å². The Morgan fingerprint density at radius 1 is 1.33 bits per heavy atom. The van der Waals surface area contributed by atoms with Crippen LogP contribution in [-0.2, 0) is 6.18 Å². The van der Waals surface area contributed by atoms with Crippen molar-refractivity contribution in [3.8, 4) is 11.8 Å². The van der Waals surface area contributed by atoms with Gasteiger partial charge >= 0.3 is 6.18 Å². The Balaban J connectivity index is 3.09. The van der Waals surface area contributed by atoms with Crippen LogP contribution < -0.4 is 0 Å². The van der Waals surface area contributed by atoms with Crippen LogP contribution in [-0.4, -0.2) is 5.75 Å². The molecule has 0 atom stereocenters. The van der Waals surface area contributed by atoms with Gasteiger partial charge in [0, 0.05) is 10.0 Å². The number of thiol groups is 1. The van der Waals surface area contributed by atoms with Gasteiger partial charge in [0.15, 0.2) is 0 Å². The van der Waals surface area contributed by atoms with Gasteiger partial charge in [0.1, 0.15) is 0 Å². The van der Waals surface area contributed by atoms with E-state index in [4.69, 9.17) is 0 Å². The Morgan fingerprint density at radius 3 is 2.47 bits per heavy atom. The second-order valence-corrected chi connectivity index (χ2v) is 3.82. The molecule has 80 valence electrons. The van der Waals surface area contributed by atoms with Crippen molar-refractivity contribution in [2.45, 2.75) is 6.18 Å². The molecule has 1 aromatic carbocycles. The van der Waals surface area contributed by atoms with Gasteiger partial charge in [-0.15, -0.1) is 0 Å². The number of halogens is 4. The third-order valence-electron chi connectivity index (χ3n) is 1.60. The zero-order valence-corrected chi connectivity index (χ0v) is 9.88. The van der Waals surface area contributed by atoms with Crippen molar-refractivity contribution < 1.29 is 13.2 Å². The molecule has 5 heteroatoms. The topological polar surface area (TPSA) is 0 Å². The van der Waals surface area contributed by atoms with E-state index in [0.29, 0.717) is 15.8 Å². The normalized spacial score (nSPS) is 10.7. The van der Waals surface area contributed by atoms with Crippen LogP contribution in [0.1, 0.15) is 11.1 Å². The predicted molar refractivity (Wildman–Crippen MR) is 59.9 cm³/mol. The minimum Gasteiger partial charge on any atom is -0.166 e. The lowest BCUT2D eigenvalue weighted by molar-refractivity contribution is -0.137. The summed E-state index contributed by atoms with van der Waals surface area (Å²) >= 11 is 6.92. The van der Waals surface area contributed by atoms with Crippen LogP contribution in [0.2, 0.25) is 0 Å². The van der Waals surface area contributed by atoms with Crippen LogP contribution in [0.25, 0.3) is 0 Å². The predicted octanol–water partition coefficient (Wildman–Crippen LogP) is 3.75. The summed E-state index contributed by atoms with van der Waals surface area (Å²) in [6, 6.07) is 3.36. The Kier molecular flexibility index (Phi) is 4.12. The zero-order valence-electron chi connectivity index (χ0n) is 7.40. The van der Waals surface area contributed by atoms with Crippen molar-refractivity contribution in [1.29, 1.82) is 0 Å². The molecule has 0 radical (unpaired) electrons. The van der Waals surface area contributed by atoms with Crippen molar-refractivity contribution in [3.63, 3.8) is 0 Å². The van der Waals surface area contributed by atoms with Crippen LogP contribution in [0.3, 0.4) is 0 Å². The zero-order chi connectivity index (χ0) is 11.5. The molecular formula is C10H6BrF3S. The Morgan fingerprint density at radius 2 is 2.00 bits per heavy atom. The number of alkyl halides is 3. The minimum atomic E-state index is -4.32. The molecule has 0 bridgehead atoms. The first-order valence-corrected chi connectivity index (χ1v) is 5.34. The first-order valence-electron chi connectivity index (χ1n) is 3.91. The van der Waals surface area contributed by atoms with E-state index in [0.717, 1.165) is 12.1 Å². The summed E-state index contributed by atoms with van der Waals surface area (Å²) in [5.74, 6) is 5.74. The van der Waals surface area contributed by atoms with Gasteiger partial charge in [0.25, 0.3) is 0 Å². The van der Waals surface area contributed by atoms with Crippen molar-refractivity contribution in [2.24, 2.45) is 0 Å². The SMILES string of the molecule is FC(F)(F)c1ccc(C#CCS)c(Br)c1. The number of benzene rings is 1. The molecule has 0 N–H and O–H groups in total. The van der Waals surface area contributed by atoms with Crippen molar-refractivity contribution in [2.75, 3.05) is 5.75 Å². The molecule has 0 heterocycles. The summed E-state index contributed by atoms with van der Waals surface area (Å²) in [6.45, 7) is 0. The van der Waals surface area contributed by atoms with E-state index in [2.05, 4.69) is 40.4 Å². The van der Waals surface area contributed by atoms with E-state index in [1.54, 1.807) is 0 Å². The molecule has 0 aliphatic carbocycles. The van der Waals surface area contributed by atoms with Crippen LogP contribution in [0.4, 0.5) is 13.2 Å². The highest BCUT2D eigenvalue weighted by atomic mass is 79.9. The molecule has 15 heavy (non-hydrogen) atoms. The molecule has 0 aliphatic rings. The van der Waals surface area contributed by atoms with Crippen molar-refractivity contribution in [3.05, 3.63) is 33.8 Å². The van der Waals surface area contributed by atoms with E-state index < -0.39 is 11.7 Å². The number of hydrogen-bond donors (Lipinski definition) is 1. The lowest BCUT2D eigenvalue weighted by Gasteiger charge is -2.07. The maximum atomic E-state index is 12.3. The largest absolute Gasteiger partial charge is 0.416 e. The highest BCUT2D eigenvalue weighted by molar-refractivity contribution is 9.10. The molecule has 1 aromatic rings. The monoisotopic (exact) mass is 294 g/mol. The summed E-state index contributed by atoms with van der Waals surface area (Å²) in [7, 11) is 0. The van der Waals surface area contributed by atoms with E-state index in [1.165, 1.54) is 6.07 Å². The molecule has 1 rings (SSSR count). The molecule has 0 saturated heterocycles. The van der Waals surface area contributed by atoms with Crippen LogP contribution in [0.5, 0.6) is 0 Å². The molecule has 0 saturated carbocycles. The maximum Gasteiger partial charge on any atom is 0.416 e. The second kappa shape index (κ2) is 4.95. The van der Waals surface area contributed by atoms with Gasteiger partial charge in [0.05, 0.1) is 11.3 Å². The fraction of sp³-hybridized carbons (Fsp3) is 0.200. The molecule has 0 spiro atoms. The quantitative estimate of drug-likeness (QED) is 0.547. The molecule has 0 nitrogen and oxygen atoms in total. The van der Waals surface area contributed by atoms with Crippen LogP contribution in [0, 0.1) is 11.8 Å². The highest BCUT2D eigenvalue weighted by Gasteiger charge is 2.30. The summed E-state index contributed by atoms with van der Waals surface area (Å²) < 4.78 is 37.2.